The third-order valence-electron chi connectivity index (χ3n) is 3.70. The van der Waals surface area contributed by atoms with Crippen LogP contribution in [0.15, 0.2) is 29.4 Å². The van der Waals surface area contributed by atoms with Gasteiger partial charge in [-0.25, -0.2) is 5.10 Å². The van der Waals surface area contributed by atoms with E-state index in [2.05, 4.69) is 15.2 Å². The molecule has 0 aliphatic carbocycles. The average molecular weight is 396 g/mol. The van der Waals surface area contributed by atoms with Crippen LogP contribution < -0.4 is 5.73 Å². The molecule has 2 aromatic heterocycles. The molecular weight excluding hydrogens is 381 g/mol. The minimum atomic E-state index is -0.0223. The number of ketones is 1. The average Bonchev–Trinajstić information content (AvgIpc) is 3.11. The number of nitrogens with one attached hydrogen (secondary N) is 1. The second-order valence-corrected chi connectivity index (χ2v) is 7.22. The van der Waals surface area contributed by atoms with Crippen molar-refractivity contribution in [3.63, 3.8) is 0 Å². The van der Waals surface area contributed by atoms with Crippen LogP contribution in [-0.4, -0.2) is 31.3 Å². The molecule has 0 aliphatic heterocycles. The van der Waals surface area contributed by atoms with Crippen LogP contribution in [0.25, 0.3) is 5.69 Å². The van der Waals surface area contributed by atoms with E-state index in [0.29, 0.717) is 20.8 Å². The number of carbonyl (C=O) groups excluding carboxylic acids is 1. The number of benzene rings is 1. The number of carbonyl (C=O) groups is 1. The van der Waals surface area contributed by atoms with Crippen molar-refractivity contribution in [3.8, 4) is 5.69 Å². The summed E-state index contributed by atoms with van der Waals surface area (Å²) >= 11 is 13.6. The molecule has 0 unspecified atom stereocenters. The molecule has 0 bridgehead atoms. The Kier molecular flexibility index (Phi) is 5.08. The topological polar surface area (TPSA) is 89.6 Å². The lowest BCUT2D eigenvalue weighted by Crippen LogP contribution is -2.06. The highest BCUT2D eigenvalue weighted by Crippen LogP contribution is 2.29. The molecule has 0 atom stereocenters. The molecule has 0 amide bonds. The van der Waals surface area contributed by atoms with E-state index in [1.165, 1.54) is 11.8 Å². The van der Waals surface area contributed by atoms with E-state index in [-0.39, 0.29) is 17.5 Å². The Morgan fingerprint density at radius 2 is 2.08 bits per heavy atom. The summed E-state index contributed by atoms with van der Waals surface area (Å²) < 4.78 is 1.93. The molecule has 3 rings (SSSR count). The predicted octanol–water partition coefficient (Wildman–Crippen LogP) is 4.08. The van der Waals surface area contributed by atoms with Crippen molar-refractivity contribution in [2.75, 3.05) is 11.5 Å². The number of thioether (sulfide) groups is 1. The number of aromatic amines is 1. The van der Waals surface area contributed by atoms with Crippen LogP contribution in [0.1, 0.15) is 21.7 Å². The van der Waals surface area contributed by atoms with Gasteiger partial charge in [0.05, 0.1) is 16.5 Å². The molecule has 6 nitrogen and oxygen atoms in total. The zero-order chi connectivity index (χ0) is 18.1. The molecule has 0 spiro atoms. The number of rotatable bonds is 5. The van der Waals surface area contributed by atoms with Gasteiger partial charge in [0.1, 0.15) is 0 Å². The maximum atomic E-state index is 12.6. The summed E-state index contributed by atoms with van der Waals surface area (Å²) in [4.78, 5) is 16.6. The fourth-order valence-electron chi connectivity index (χ4n) is 2.60. The standard InChI is InChI=1S/C16H15Cl2N5OS/c1-8-5-11(14(24)7-25-16-20-15(19)21-22-16)9(2)23(8)13-6-10(17)3-4-12(13)18/h3-6H,7H2,1-2H3,(H3,19,20,21,22). The Morgan fingerprint density at radius 3 is 2.76 bits per heavy atom. The van der Waals surface area contributed by atoms with E-state index in [1.807, 2.05) is 24.5 Å². The van der Waals surface area contributed by atoms with Crippen LogP contribution in [0.4, 0.5) is 5.95 Å². The van der Waals surface area contributed by atoms with Crippen molar-refractivity contribution in [1.82, 2.24) is 19.7 Å². The molecule has 9 heteroatoms. The normalized spacial score (nSPS) is 11.0. The first-order valence-corrected chi connectivity index (χ1v) is 9.09. The number of H-pyrrole nitrogens is 1. The van der Waals surface area contributed by atoms with E-state index in [9.17, 15) is 4.79 Å². The predicted molar refractivity (Wildman–Crippen MR) is 101 cm³/mol. The molecule has 3 N–H and O–H groups in total. The smallest absolute Gasteiger partial charge is 0.216 e. The number of aromatic nitrogens is 4. The molecule has 130 valence electrons. The minimum Gasteiger partial charge on any atom is -0.368 e. The van der Waals surface area contributed by atoms with Gasteiger partial charge in [-0.3, -0.25) is 4.79 Å². The molecule has 2 heterocycles. The summed E-state index contributed by atoms with van der Waals surface area (Å²) in [5, 5.41) is 8.04. The number of nitrogen functional groups attached to an aromatic ring is 1. The Bertz CT molecular complexity index is 950. The van der Waals surface area contributed by atoms with Gasteiger partial charge in [-0.2, -0.15) is 4.98 Å². The number of halogens is 2. The van der Waals surface area contributed by atoms with Gasteiger partial charge in [0.25, 0.3) is 0 Å². The number of hydrogen-bond acceptors (Lipinski definition) is 5. The summed E-state index contributed by atoms with van der Waals surface area (Å²) in [5.74, 6) is 0.416. The molecular formula is C16H15Cl2N5OS. The monoisotopic (exact) mass is 395 g/mol. The van der Waals surface area contributed by atoms with Gasteiger partial charge in [0, 0.05) is 22.0 Å². The summed E-state index contributed by atoms with van der Waals surface area (Å²) in [6.45, 7) is 3.80. The highest BCUT2D eigenvalue weighted by Gasteiger charge is 2.19. The highest BCUT2D eigenvalue weighted by atomic mass is 35.5. The summed E-state index contributed by atoms with van der Waals surface area (Å²) in [6.07, 6.45) is 0. The van der Waals surface area contributed by atoms with Crippen LogP contribution in [0.2, 0.25) is 10.0 Å². The van der Waals surface area contributed by atoms with Crippen molar-refractivity contribution in [1.29, 1.82) is 0 Å². The molecule has 3 aromatic rings. The van der Waals surface area contributed by atoms with Gasteiger partial charge < -0.3 is 10.3 Å². The second-order valence-electron chi connectivity index (χ2n) is 5.43. The Morgan fingerprint density at radius 1 is 1.32 bits per heavy atom. The van der Waals surface area contributed by atoms with E-state index < -0.39 is 0 Å². The van der Waals surface area contributed by atoms with Crippen molar-refractivity contribution in [2.45, 2.75) is 19.0 Å². The Balaban J connectivity index is 1.88. The first-order valence-electron chi connectivity index (χ1n) is 7.35. The SMILES string of the molecule is Cc1cc(C(=O)CSc2n[nH]c(N)n2)c(C)n1-c1cc(Cl)ccc1Cl. The lowest BCUT2D eigenvalue weighted by Gasteiger charge is -2.12. The molecule has 0 radical (unpaired) electrons. The van der Waals surface area contributed by atoms with Crippen LogP contribution in [0, 0.1) is 13.8 Å². The number of aryl methyl sites for hydroxylation is 1. The lowest BCUT2D eigenvalue weighted by atomic mass is 10.2. The van der Waals surface area contributed by atoms with E-state index >= 15 is 0 Å². The first-order chi connectivity index (χ1) is 11.9. The summed E-state index contributed by atoms with van der Waals surface area (Å²) in [7, 11) is 0. The lowest BCUT2D eigenvalue weighted by molar-refractivity contribution is 0.102. The third kappa shape index (κ3) is 3.68. The summed E-state index contributed by atoms with van der Waals surface area (Å²) in [6, 6.07) is 7.10. The summed E-state index contributed by atoms with van der Waals surface area (Å²) in [5.41, 5.74) is 8.56. The Hall–Kier alpha value is -1.96. The minimum absolute atomic E-state index is 0.0223. The van der Waals surface area contributed by atoms with Gasteiger partial charge in [-0.1, -0.05) is 35.0 Å². The van der Waals surface area contributed by atoms with Crippen LogP contribution in [-0.2, 0) is 0 Å². The first kappa shape index (κ1) is 17.8. The molecule has 1 aromatic carbocycles. The van der Waals surface area contributed by atoms with Gasteiger partial charge in [0.2, 0.25) is 11.1 Å². The number of nitrogens with zero attached hydrogens (tertiary/aromatic N) is 3. The number of nitrogens with two attached hydrogens (primary N) is 1. The quantitative estimate of drug-likeness (QED) is 0.501. The largest absolute Gasteiger partial charge is 0.368 e. The molecule has 25 heavy (non-hydrogen) atoms. The van der Waals surface area contributed by atoms with Gasteiger partial charge >= 0.3 is 0 Å². The third-order valence-corrected chi connectivity index (χ3v) is 5.10. The van der Waals surface area contributed by atoms with E-state index in [1.54, 1.807) is 18.2 Å². The van der Waals surface area contributed by atoms with Crippen LogP contribution in [0.5, 0.6) is 0 Å². The van der Waals surface area contributed by atoms with E-state index in [4.69, 9.17) is 28.9 Å². The fourth-order valence-corrected chi connectivity index (χ4v) is 3.66. The highest BCUT2D eigenvalue weighted by molar-refractivity contribution is 7.99. The van der Waals surface area contributed by atoms with Crippen LogP contribution >= 0.6 is 35.0 Å². The van der Waals surface area contributed by atoms with Gasteiger partial charge in [-0.05, 0) is 38.1 Å². The maximum absolute atomic E-state index is 12.6. The van der Waals surface area contributed by atoms with Crippen molar-refractivity contribution < 1.29 is 4.79 Å². The Labute approximate surface area is 158 Å². The molecule has 0 aliphatic rings. The second kappa shape index (κ2) is 7.11. The number of anilines is 1. The molecule has 0 fully saturated rings. The fraction of sp³-hybridized carbons (Fsp3) is 0.188. The van der Waals surface area contributed by atoms with Crippen molar-refractivity contribution in [2.24, 2.45) is 0 Å². The van der Waals surface area contributed by atoms with E-state index in [0.717, 1.165) is 17.1 Å². The van der Waals surface area contributed by atoms with Crippen molar-refractivity contribution in [3.05, 3.63) is 51.3 Å². The van der Waals surface area contributed by atoms with Gasteiger partial charge in [-0.15, -0.1) is 5.10 Å². The van der Waals surface area contributed by atoms with Crippen LogP contribution in [0.3, 0.4) is 0 Å². The molecule has 0 saturated carbocycles. The zero-order valence-corrected chi connectivity index (χ0v) is 15.8. The van der Waals surface area contributed by atoms with Gasteiger partial charge in [0.15, 0.2) is 5.78 Å². The number of Topliss-reactive ketones (excluding diaryl/α,β-unsaturated/α-hetero) is 1. The maximum Gasteiger partial charge on any atom is 0.216 e. The number of hydrogen-bond donors (Lipinski definition) is 2. The molecule has 0 saturated heterocycles. The zero-order valence-electron chi connectivity index (χ0n) is 13.5. The van der Waals surface area contributed by atoms with Crippen molar-refractivity contribution >= 4 is 46.7 Å².